The second-order valence-corrected chi connectivity index (χ2v) is 1.95. The van der Waals surface area contributed by atoms with Gasteiger partial charge in [0.2, 0.25) is 0 Å². The third kappa shape index (κ3) is 1.52. The summed E-state index contributed by atoms with van der Waals surface area (Å²) in [4.78, 5) is 3.84. The summed E-state index contributed by atoms with van der Waals surface area (Å²) in [7, 11) is 0. The van der Waals surface area contributed by atoms with Gasteiger partial charge in [0, 0.05) is 6.20 Å². The van der Waals surface area contributed by atoms with Gasteiger partial charge < -0.3 is 10.2 Å². The Bertz CT molecular complexity index is 188. The van der Waals surface area contributed by atoms with Crippen molar-refractivity contribution < 1.29 is 10.2 Å². The molecule has 0 amide bonds. The van der Waals surface area contributed by atoms with Gasteiger partial charge in [0.15, 0.2) is 0 Å². The highest BCUT2D eigenvalue weighted by Crippen LogP contribution is 2.05. The maximum atomic E-state index is 9.02. The van der Waals surface area contributed by atoms with Crippen molar-refractivity contribution in [3.8, 4) is 0 Å². The highest BCUT2D eigenvalue weighted by molar-refractivity contribution is 5.06. The number of hydrogen-bond acceptors (Lipinski definition) is 3. The van der Waals surface area contributed by atoms with E-state index in [-0.39, 0.29) is 6.61 Å². The number of aliphatic hydroxyl groups is 2. The summed E-state index contributed by atoms with van der Waals surface area (Å²) in [5.74, 6) is 0. The number of pyridine rings is 1. The first-order valence-corrected chi connectivity index (χ1v) is 3.04. The van der Waals surface area contributed by atoms with Crippen LogP contribution in [0.1, 0.15) is 11.8 Å². The lowest BCUT2D eigenvalue weighted by molar-refractivity contribution is 0.0923. The molecule has 0 aliphatic carbocycles. The fourth-order valence-corrected chi connectivity index (χ4v) is 0.667. The predicted molar refractivity (Wildman–Crippen MR) is 36.3 cm³/mol. The predicted octanol–water partition coefficient (Wildman–Crippen LogP) is 0.107. The van der Waals surface area contributed by atoms with Crippen molar-refractivity contribution in [3.05, 3.63) is 30.1 Å². The summed E-state index contributed by atoms with van der Waals surface area (Å²) < 4.78 is 0. The summed E-state index contributed by atoms with van der Waals surface area (Å²) >= 11 is 0. The van der Waals surface area contributed by atoms with Crippen LogP contribution in [0.15, 0.2) is 24.4 Å². The Morgan fingerprint density at radius 2 is 2.30 bits per heavy atom. The van der Waals surface area contributed by atoms with Crippen LogP contribution in [-0.2, 0) is 0 Å². The third-order valence-corrected chi connectivity index (χ3v) is 1.20. The van der Waals surface area contributed by atoms with E-state index in [1.165, 1.54) is 0 Å². The quantitative estimate of drug-likeness (QED) is 0.611. The topological polar surface area (TPSA) is 53.4 Å². The maximum Gasteiger partial charge on any atom is 0.119 e. The average molecular weight is 139 g/mol. The van der Waals surface area contributed by atoms with Crippen LogP contribution in [0.25, 0.3) is 0 Å². The van der Waals surface area contributed by atoms with Crippen LogP contribution >= 0.6 is 0 Å². The zero-order chi connectivity index (χ0) is 7.40. The molecule has 54 valence electrons. The summed E-state index contributed by atoms with van der Waals surface area (Å²) in [6.07, 6.45) is 0.731. The number of aliphatic hydroxyl groups excluding tert-OH is 2. The van der Waals surface area contributed by atoms with Crippen molar-refractivity contribution in [1.29, 1.82) is 0 Å². The van der Waals surface area contributed by atoms with E-state index >= 15 is 0 Å². The second kappa shape index (κ2) is 3.29. The Hall–Kier alpha value is -0.930. The largest absolute Gasteiger partial charge is 0.393 e. The van der Waals surface area contributed by atoms with Crippen LogP contribution in [0.3, 0.4) is 0 Å². The molecule has 1 atom stereocenters. The van der Waals surface area contributed by atoms with Gasteiger partial charge in [0.25, 0.3) is 0 Å². The molecule has 0 saturated heterocycles. The molecule has 0 aliphatic heterocycles. The van der Waals surface area contributed by atoms with Gasteiger partial charge in [0.05, 0.1) is 12.3 Å². The lowest BCUT2D eigenvalue weighted by Crippen LogP contribution is -2.03. The molecular weight excluding hydrogens is 130 g/mol. The molecule has 0 fully saturated rings. The van der Waals surface area contributed by atoms with Crippen LogP contribution in [0.2, 0.25) is 0 Å². The molecular formula is C7H9NO2. The SMILES string of the molecule is OC[C@H](O)c1ccccn1. The molecule has 0 bridgehead atoms. The van der Waals surface area contributed by atoms with E-state index in [1.54, 1.807) is 24.4 Å². The smallest absolute Gasteiger partial charge is 0.119 e. The minimum absolute atomic E-state index is 0.281. The third-order valence-electron chi connectivity index (χ3n) is 1.20. The molecule has 1 rings (SSSR count). The molecule has 3 heteroatoms. The zero-order valence-corrected chi connectivity index (χ0v) is 5.44. The lowest BCUT2D eigenvalue weighted by atomic mass is 10.2. The van der Waals surface area contributed by atoms with E-state index in [9.17, 15) is 0 Å². The van der Waals surface area contributed by atoms with E-state index in [0.29, 0.717) is 5.69 Å². The lowest BCUT2D eigenvalue weighted by Gasteiger charge is -2.03. The molecule has 3 nitrogen and oxygen atoms in total. The van der Waals surface area contributed by atoms with Crippen molar-refractivity contribution in [2.45, 2.75) is 6.10 Å². The summed E-state index contributed by atoms with van der Waals surface area (Å²) in [6.45, 7) is -0.281. The van der Waals surface area contributed by atoms with Crippen molar-refractivity contribution >= 4 is 0 Å². The van der Waals surface area contributed by atoms with E-state index in [0.717, 1.165) is 0 Å². The molecule has 1 aromatic heterocycles. The first-order valence-electron chi connectivity index (χ1n) is 3.04. The minimum atomic E-state index is -0.846. The molecule has 0 radical (unpaired) electrons. The van der Waals surface area contributed by atoms with Crippen LogP contribution in [-0.4, -0.2) is 21.8 Å². The van der Waals surface area contributed by atoms with Crippen molar-refractivity contribution in [1.82, 2.24) is 4.98 Å². The van der Waals surface area contributed by atoms with E-state index in [1.807, 2.05) is 0 Å². The molecule has 0 saturated carbocycles. The Balaban J connectivity index is 2.75. The van der Waals surface area contributed by atoms with E-state index in [2.05, 4.69) is 4.98 Å². The van der Waals surface area contributed by atoms with Gasteiger partial charge >= 0.3 is 0 Å². The normalized spacial score (nSPS) is 13.0. The molecule has 1 aromatic rings. The Labute approximate surface area is 59.0 Å². The molecule has 0 unspecified atom stereocenters. The van der Waals surface area contributed by atoms with Crippen LogP contribution in [0.5, 0.6) is 0 Å². The van der Waals surface area contributed by atoms with Crippen molar-refractivity contribution in [3.63, 3.8) is 0 Å². The van der Waals surface area contributed by atoms with Crippen molar-refractivity contribution in [2.75, 3.05) is 6.61 Å². The number of hydrogen-bond donors (Lipinski definition) is 2. The fourth-order valence-electron chi connectivity index (χ4n) is 0.667. The average Bonchev–Trinajstić information content (AvgIpc) is 2.05. The number of nitrogens with zero attached hydrogens (tertiary/aromatic N) is 1. The Morgan fingerprint density at radius 3 is 2.80 bits per heavy atom. The monoisotopic (exact) mass is 139 g/mol. The van der Waals surface area contributed by atoms with Gasteiger partial charge in [-0.1, -0.05) is 6.07 Å². The molecule has 2 N–H and O–H groups in total. The van der Waals surface area contributed by atoms with E-state index < -0.39 is 6.10 Å². The van der Waals surface area contributed by atoms with Gasteiger partial charge in [-0.05, 0) is 12.1 Å². The standard InChI is InChI=1S/C7H9NO2/c9-5-7(10)6-3-1-2-4-8-6/h1-4,7,9-10H,5H2/t7-/m0/s1. The summed E-state index contributed by atoms with van der Waals surface area (Å²) in [5, 5.41) is 17.5. The summed E-state index contributed by atoms with van der Waals surface area (Å²) in [6, 6.07) is 5.19. The van der Waals surface area contributed by atoms with E-state index in [4.69, 9.17) is 10.2 Å². The molecule has 1 heterocycles. The van der Waals surface area contributed by atoms with Gasteiger partial charge in [-0.3, -0.25) is 4.98 Å². The highest BCUT2D eigenvalue weighted by Gasteiger charge is 2.04. The van der Waals surface area contributed by atoms with Crippen molar-refractivity contribution in [2.24, 2.45) is 0 Å². The second-order valence-electron chi connectivity index (χ2n) is 1.95. The van der Waals surface area contributed by atoms with Crippen LogP contribution in [0, 0.1) is 0 Å². The van der Waals surface area contributed by atoms with Gasteiger partial charge in [0.1, 0.15) is 6.10 Å². The Morgan fingerprint density at radius 1 is 1.50 bits per heavy atom. The first-order chi connectivity index (χ1) is 4.84. The Kier molecular flexibility index (Phi) is 2.36. The summed E-state index contributed by atoms with van der Waals surface area (Å²) in [5.41, 5.74) is 0.505. The molecule has 0 aliphatic rings. The minimum Gasteiger partial charge on any atom is -0.393 e. The highest BCUT2D eigenvalue weighted by atomic mass is 16.3. The maximum absolute atomic E-state index is 9.02. The number of rotatable bonds is 2. The zero-order valence-electron chi connectivity index (χ0n) is 5.44. The first kappa shape index (κ1) is 7.18. The van der Waals surface area contributed by atoms with Gasteiger partial charge in [-0.25, -0.2) is 0 Å². The number of aromatic nitrogens is 1. The van der Waals surface area contributed by atoms with Gasteiger partial charge in [-0.15, -0.1) is 0 Å². The van der Waals surface area contributed by atoms with Crippen LogP contribution < -0.4 is 0 Å². The molecule has 0 spiro atoms. The molecule has 10 heavy (non-hydrogen) atoms. The van der Waals surface area contributed by atoms with Gasteiger partial charge in [-0.2, -0.15) is 0 Å². The fraction of sp³-hybridized carbons (Fsp3) is 0.286. The molecule has 0 aromatic carbocycles. The van der Waals surface area contributed by atoms with Crippen LogP contribution in [0.4, 0.5) is 0 Å².